The van der Waals surface area contributed by atoms with Gasteiger partial charge < -0.3 is 9.13 Å². The third-order valence-electron chi connectivity index (χ3n) is 9.60. The molecular formula is C45H25N5. The van der Waals surface area contributed by atoms with Crippen LogP contribution in [0, 0.1) is 34.0 Å². The third-order valence-corrected chi connectivity index (χ3v) is 9.60. The summed E-state index contributed by atoms with van der Waals surface area (Å²) in [6.45, 7) is 0. The average Bonchev–Trinajstić information content (AvgIpc) is 3.69. The summed E-state index contributed by atoms with van der Waals surface area (Å²) < 4.78 is 4.47. The van der Waals surface area contributed by atoms with Gasteiger partial charge in [-0.1, -0.05) is 78.9 Å². The van der Waals surface area contributed by atoms with Crippen LogP contribution in [0.5, 0.6) is 0 Å². The van der Waals surface area contributed by atoms with Gasteiger partial charge in [0.25, 0.3) is 0 Å². The summed E-state index contributed by atoms with van der Waals surface area (Å²) in [5.41, 5.74) is 11.7. The Bertz CT molecular complexity index is 2970. The Morgan fingerprint density at radius 3 is 1.72 bits per heavy atom. The van der Waals surface area contributed by atoms with Crippen LogP contribution in [0.4, 0.5) is 0 Å². The Balaban J connectivity index is 1.29. The molecule has 0 bridgehead atoms. The SMILES string of the molecule is N#Cc1ccc(-n2c3ccccc3c3cc(C#N)ccc32)c(-c2ccccc2-c2cccc(-n3c4ccccc4c4ccc(C#N)cc43)c2)c1. The highest BCUT2D eigenvalue weighted by molar-refractivity contribution is 6.11. The van der Waals surface area contributed by atoms with E-state index < -0.39 is 0 Å². The Morgan fingerprint density at radius 2 is 0.940 bits per heavy atom. The first-order valence-corrected chi connectivity index (χ1v) is 16.3. The molecule has 5 heteroatoms. The van der Waals surface area contributed by atoms with E-state index in [1.807, 2.05) is 91.0 Å². The number of hydrogen-bond donors (Lipinski definition) is 0. The smallest absolute Gasteiger partial charge is 0.0992 e. The van der Waals surface area contributed by atoms with Gasteiger partial charge in [0.1, 0.15) is 0 Å². The first-order valence-electron chi connectivity index (χ1n) is 16.3. The number of nitriles is 3. The molecule has 9 rings (SSSR count). The number of rotatable bonds is 4. The molecule has 0 aliphatic rings. The van der Waals surface area contributed by atoms with E-state index in [1.165, 1.54) is 0 Å². The van der Waals surface area contributed by atoms with Gasteiger partial charge in [0.15, 0.2) is 0 Å². The van der Waals surface area contributed by atoms with E-state index in [4.69, 9.17) is 0 Å². The molecular weight excluding hydrogens is 611 g/mol. The normalized spacial score (nSPS) is 11.1. The molecule has 2 heterocycles. The summed E-state index contributed by atoms with van der Waals surface area (Å²) in [5, 5.41) is 33.8. The molecule has 2 aromatic heterocycles. The molecule has 50 heavy (non-hydrogen) atoms. The number of hydrogen-bond acceptors (Lipinski definition) is 3. The van der Waals surface area contributed by atoms with Crippen molar-refractivity contribution in [3.63, 3.8) is 0 Å². The maximum Gasteiger partial charge on any atom is 0.0992 e. The van der Waals surface area contributed by atoms with Crippen LogP contribution in [0.3, 0.4) is 0 Å². The maximum atomic E-state index is 10.1. The fourth-order valence-corrected chi connectivity index (χ4v) is 7.42. The number of para-hydroxylation sites is 2. The molecule has 0 radical (unpaired) electrons. The van der Waals surface area contributed by atoms with E-state index in [9.17, 15) is 15.8 Å². The van der Waals surface area contributed by atoms with Crippen molar-refractivity contribution in [2.45, 2.75) is 0 Å². The second kappa shape index (κ2) is 11.4. The highest BCUT2D eigenvalue weighted by Crippen LogP contribution is 2.41. The number of aromatic nitrogens is 2. The van der Waals surface area contributed by atoms with Crippen LogP contribution in [0.15, 0.2) is 152 Å². The van der Waals surface area contributed by atoms with Gasteiger partial charge in [-0.05, 0) is 89.5 Å². The minimum Gasteiger partial charge on any atom is -0.309 e. The van der Waals surface area contributed by atoms with Gasteiger partial charge in [-0.2, -0.15) is 15.8 Å². The van der Waals surface area contributed by atoms with E-state index >= 15 is 0 Å². The van der Waals surface area contributed by atoms with E-state index in [0.29, 0.717) is 16.7 Å². The topological polar surface area (TPSA) is 81.2 Å². The lowest BCUT2D eigenvalue weighted by Crippen LogP contribution is -1.99. The maximum absolute atomic E-state index is 10.1. The summed E-state index contributed by atoms with van der Waals surface area (Å²) in [6, 6.07) is 57.9. The number of benzene rings is 7. The predicted octanol–water partition coefficient (Wildman–Crippen LogP) is 10.8. The van der Waals surface area contributed by atoms with Crippen LogP contribution in [-0.4, -0.2) is 9.13 Å². The van der Waals surface area contributed by atoms with E-state index in [-0.39, 0.29) is 0 Å². The highest BCUT2D eigenvalue weighted by Gasteiger charge is 2.19. The summed E-state index contributed by atoms with van der Waals surface area (Å²) in [4.78, 5) is 0. The molecule has 0 aliphatic carbocycles. The molecule has 0 atom stereocenters. The van der Waals surface area contributed by atoms with Crippen LogP contribution in [-0.2, 0) is 0 Å². The molecule has 0 fully saturated rings. The first kappa shape index (κ1) is 28.8. The quantitative estimate of drug-likeness (QED) is 0.193. The van der Waals surface area contributed by atoms with Crippen LogP contribution in [0.25, 0.3) is 77.2 Å². The molecule has 0 aliphatic heterocycles. The molecule has 0 N–H and O–H groups in total. The van der Waals surface area contributed by atoms with Gasteiger partial charge >= 0.3 is 0 Å². The van der Waals surface area contributed by atoms with Gasteiger partial charge in [0, 0.05) is 32.8 Å². The Morgan fingerprint density at radius 1 is 0.360 bits per heavy atom. The van der Waals surface area contributed by atoms with E-state index in [0.717, 1.165) is 77.2 Å². The lowest BCUT2D eigenvalue weighted by atomic mass is 9.92. The van der Waals surface area contributed by atoms with Crippen molar-refractivity contribution in [3.8, 4) is 51.8 Å². The second-order valence-corrected chi connectivity index (χ2v) is 12.3. The molecule has 0 spiro atoms. The van der Waals surface area contributed by atoms with Crippen LogP contribution >= 0.6 is 0 Å². The molecule has 0 amide bonds. The summed E-state index contributed by atoms with van der Waals surface area (Å²) in [6.07, 6.45) is 0. The average molecular weight is 636 g/mol. The zero-order valence-corrected chi connectivity index (χ0v) is 26.7. The van der Waals surface area contributed by atoms with Crippen molar-refractivity contribution in [2.75, 3.05) is 0 Å². The van der Waals surface area contributed by atoms with Gasteiger partial charge in [0.05, 0.1) is 62.7 Å². The van der Waals surface area contributed by atoms with Crippen molar-refractivity contribution in [1.29, 1.82) is 15.8 Å². The zero-order chi connectivity index (χ0) is 33.8. The van der Waals surface area contributed by atoms with Crippen molar-refractivity contribution < 1.29 is 0 Å². The standard InChI is InChI=1S/C45H25N5/c46-26-29-17-20-43(50-42-15-6-4-13-37(42)40-23-30(27-47)18-21-44(40)50)39(22-29)35-11-2-1-10-34(35)32-8-7-9-33(25-32)49-41-14-5-3-12-36(41)38-19-16-31(28-48)24-45(38)49/h1-25H. The Labute approximate surface area is 287 Å². The lowest BCUT2D eigenvalue weighted by Gasteiger charge is -2.18. The molecule has 0 saturated carbocycles. The van der Waals surface area contributed by atoms with Gasteiger partial charge in [-0.3, -0.25) is 0 Å². The third kappa shape index (κ3) is 4.38. The molecule has 230 valence electrons. The van der Waals surface area contributed by atoms with Gasteiger partial charge in [-0.25, -0.2) is 0 Å². The second-order valence-electron chi connectivity index (χ2n) is 12.3. The van der Waals surface area contributed by atoms with Crippen LogP contribution in [0.2, 0.25) is 0 Å². The van der Waals surface area contributed by atoms with E-state index in [1.54, 1.807) is 0 Å². The molecule has 0 saturated heterocycles. The molecule has 5 nitrogen and oxygen atoms in total. The van der Waals surface area contributed by atoms with Crippen molar-refractivity contribution >= 4 is 43.6 Å². The Hall–Kier alpha value is -7.39. The zero-order valence-electron chi connectivity index (χ0n) is 26.7. The van der Waals surface area contributed by atoms with Gasteiger partial charge in [-0.15, -0.1) is 0 Å². The van der Waals surface area contributed by atoms with Crippen molar-refractivity contribution in [1.82, 2.24) is 9.13 Å². The van der Waals surface area contributed by atoms with Crippen LogP contribution < -0.4 is 0 Å². The fraction of sp³-hybridized carbons (Fsp3) is 0. The van der Waals surface area contributed by atoms with Gasteiger partial charge in [0.2, 0.25) is 0 Å². The largest absolute Gasteiger partial charge is 0.309 e. The minimum atomic E-state index is 0.568. The van der Waals surface area contributed by atoms with Crippen molar-refractivity contribution in [2.24, 2.45) is 0 Å². The summed E-state index contributed by atoms with van der Waals surface area (Å²) in [5.74, 6) is 0. The fourth-order valence-electron chi connectivity index (χ4n) is 7.42. The Kier molecular flexibility index (Phi) is 6.56. The summed E-state index contributed by atoms with van der Waals surface area (Å²) >= 11 is 0. The first-order chi connectivity index (χ1) is 24.7. The molecule has 9 aromatic rings. The lowest BCUT2D eigenvalue weighted by molar-refractivity contribution is 1.18. The van der Waals surface area contributed by atoms with E-state index in [2.05, 4.69) is 88.0 Å². The predicted molar refractivity (Wildman–Crippen MR) is 200 cm³/mol. The molecule has 0 unspecified atom stereocenters. The summed E-state index contributed by atoms with van der Waals surface area (Å²) in [7, 11) is 0. The molecule has 7 aromatic carbocycles. The number of nitrogens with zero attached hydrogens (tertiary/aromatic N) is 5. The van der Waals surface area contributed by atoms with Crippen LogP contribution in [0.1, 0.15) is 16.7 Å². The number of fused-ring (bicyclic) bond motifs is 6. The monoisotopic (exact) mass is 635 g/mol. The minimum absolute atomic E-state index is 0.568. The highest BCUT2D eigenvalue weighted by atomic mass is 15.0. The van der Waals surface area contributed by atoms with Crippen molar-refractivity contribution in [3.05, 3.63) is 168 Å².